The van der Waals surface area contributed by atoms with Gasteiger partial charge in [0.1, 0.15) is 0 Å². The van der Waals surface area contributed by atoms with Crippen LogP contribution < -0.4 is 19.7 Å². The number of amides is 2. The molecule has 0 bridgehead atoms. The highest BCUT2D eigenvalue weighted by Crippen LogP contribution is 2.34. The Morgan fingerprint density at radius 1 is 1.11 bits per heavy atom. The average molecular weight is 382 g/mol. The molecule has 0 saturated heterocycles. The number of hydrogen-bond acceptors (Lipinski definition) is 4. The largest absolute Gasteiger partial charge is 0.493 e. The first-order valence-electron chi connectivity index (χ1n) is 9.30. The lowest BCUT2D eigenvalue weighted by Crippen LogP contribution is -2.38. The minimum atomic E-state index is -0.455. The lowest BCUT2D eigenvalue weighted by Gasteiger charge is -2.26. The second-order valence-corrected chi connectivity index (χ2v) is 7.79. The molecule has 0 fully saturated rings. The fourth-order valence-corrected chi connectivity index (χ4v) is 3.15. The number of rotatable bonds is 5. The molecule has 2 aromatic rings. The summed E-state index contributed by atoms with van der Waals surface area (Å²) in [7, 11) is 1.55. The van der Waals surface area contributed by atoms with Crippen LogP contribution >= 0.6 is 0 Å². The number of nitrogens with zero attached hydrogens (tertiary/aromatic N) is 1. The van der Waals surface area contributed by atoms with E-state index in [9.17, 15) is 9.59 Å². The van der Waals surface area contributed by atoms with Crippen molar-refractivity contribution in [3.63, 3.8) is 0 Å². The summed E-state index contributed by atoms with van der Waals surface area (Å²) < 4.78 is 10.8. The molecule has 1 N–H and O–H groups in total. The van der Waals surface area contributed by atoms with Crippen LogP contribution in [0.5, 0.6) is 11.5 Å². The molecule has 3 rings (SSSR count). The predicted molar refractivity (Wildman–Crippen MR) is 109 cm³/mol. The van der Waals surface area contributed by atoms with Gasteiger partial charge in [-0.05, 0) is 36.2 Å². The number of carbonyl (C=O) groups excluding carboxylic acids is 2. The minimum absolute atomic E-state index is 0.0780. The van der Waals surface area contributed by atoms with Gasteiger partial charge in [0.25, 0.3) is 5.91 Å². The van der Waals surface area contributed by atoms with Crippen molar-refractivity contribution in [3.8, 4) is 11.5 Å². The van der Waals surface area contributed by atoms with E-state index < -0.39 is 5.41 Å². The SMILES string of the molecule is COc1ccccc1OCC(=O)Nc1ccc2c(c1)N(C(=O)C(C)(C)C)CC2. The van der Waals surface area contributed by atoms with Gasteiger partial charge in [-0.25, -0.2) is 0 Å². The molecule has 0 spiro atoms. The van der Waals surface area contributed by atoms with Crippen molar-refractivity contribution in [2.45, 2.75) is 27.2 Å². The Bertz CT molecular complexity index is 886. The van der Waals surface area contributed by atoms with E-state index in [0.29, 0.717) is 23.7 Å². The van der Waals surface area contributed by atoms with Crippen LogP contribution in [0.3, 0.4) is 0 Å². The van der Waals surface area contributed by atoms with E-state index in [1.54, 1.807) is 24.1 Å². The summed E-state index contributed by atoms with van der Waals surface area (Å²) >= 11 is 0. The zero-order valence-corrected chi connectivity index (χ0v) is 16.7. The van der Waals surface area contributed by atoms with Crippen molar-refractivity contribution < 1.29 is 19.1 Å². The van der Waals surface area contributed by atoms with Gasteiger partial charge < -0.3 is 19.7 Å². The quantitative estimate of drug-likeness (QED) is 0.857. The Morgan fingerprint density at radius 2 is 1.82 bits per heavy atom. The first-order chi connectivity index (χ1) is 13.3. The number of fused-ring (bicyclic) bond motifs is 1. The summed E-state index contributed by atoms with van der Waals surface area (Å²) in [4.78, 5) is 26.8. The molecule has 6 heteroatoms. The third kappa shape index (κ3) is 4.27. The molecule has 0 saturated carbocycles. The predicted octanol–water partition coefficient (Wildman–Crippen LogP) is 3.65. The van der Waals surface area contributed by atoms with Crippen LogP contribution in [0.15, 0.2) is 42.5 Å². The molecule has 1 heterocycles. The molecule has 6 nitrogen and oxygen atoms in total. The van der Waals surface area contributed by atoms with Gasteiger partial charge in [-0.2, -0.15) is 0 Å². The van der Waals surface area contributed by atoms with E-state index in [1.165, 1.54) is 0 Å². The van der Waals surface area contributed by atoms with Gasteiger partial charge in [0, 0.05) is 23.3 Å². The Morgan fingerprint density at radius 3 is 2.50 bits per heavy atom. The molecule has 2 aromatic carbocycles. The zero-order valence-electron chi connectivity index (χ0n) is 16.7. The lowest BCUT2D eigenvalue weighted by molar-refractivity contribution is -0.125. The summed E-state index contributed by atoms with van der Waals surface area (Å²) in [6.45, 7) is 6.26. The maximum atomic E-state index is 12.7. The molecule has 0 radical (unpaired) electrons. The topological polar surface area (TPSA) is 67.9 Å². The van der Waals surface area contributed by atoms with Gasteiger partial charge in [-0.1, -0.05) is 39.0 Å². The van der Waals surface area contributed by atoms with Crippen molar-refractivity contribution >= 4 is 23.2 Å². The van der Waals surface area contributed by atoms with Crippen LogP contribution in [0.25, 0.3) is 0 Å². The van der Waals surface area contributed by atoms with Crippen molar-refractivity contribution in [3.05, 3.63) is 48.0 Å². The van der Waals surface area contributed by atoms with Crippen LogP contribution in [-0.2, 0) is 16.0 Å². The molecule has 0 aromatic heterocycles. The average Bonchev–Trinajstić information content (AvgIpc) is 3.08. The normalized spacial score (nSPS) is 13.1. The molecule has 1 aliphatic heterocycles. The van der Waals surface area contributed by atoms with E-state index in [1.807, 2.05) is 51.1 Å². The summed E-state index contributed by atoms with van der Waals surface area (Å²) in [6.07, 6.45) is 0.822. The maximum Gasteiger partial charge on any atom is 0.262 e. The highest BCUT2D eigenvalue weighted by molar-refractivity contribution is 6.00. The summed E-state index contributed by atoms with van der Waals surface area (Å²) in [5.74, 6) is 0.881. The molecule has 0 unspecified atom stereocenters. The van der Waals surface area contributed by atoms with Crippen LogP contribution in [0.2, 0.25) is 0 Å². The second kappa shape index (κ2) is 7.92. The van der Waals surface area contributed by atoms with Crippen molar-refractivity contribution in [2.24, 2.45) is 5.41 Å². The number of carbonyl (C=O) groups is 2. The summed E-state index contributed by atoms with van der Waals surface area (Å²) in [5, 5.41) is 2.83. The maximum absolute atomic E-state index is 12.7. The molecule has 0 atom stereocenters. The third-order valence-electron chi connectivity index (χ3n) is 4.58. The summed E-state index contributed by atoms with van der Waals surface area (Å²) in [5.41, 5.74) is 2.16. The number of hydrogen-bond donors (Lipinski definition) is 1. The van der Waals surface area contributed by atoms with Crippen molar-refractivity contribution in [1.29, 1.82) is 0 Å². The smallest absolute Gasteiger partial charge is 0.262 e. The first-order valence-corrected chi connectivity index (χ1v) is 9.30. The third-order valence-corrected chi connectivity index (χ3v) is 4.58. The lowest BCUT2D eigenvalue weighted by atomic mass is 9.94. The van der Waals surface area contributed by atoms with Crippen LogP contribution in [0.1, 0.15) is 26.3 Å². The van der Waals surface area contributed by atoms with Gasteiger partial charge >= 0.3 is 0 Å². The number of para-hydroxylation sites is 2. The van der Waals surface area contributed by atoms with Gasteiger partial charge in [0.15, 0.2) is 18.1 Å². The monoisotopic (exact) mass is 382 g/mol. The summed E-state index contributed by atoms with van der Waals surface area (Å²) in [6, 6.07) is 12.8. The van der Waals surface area contributed by atoms with Crippen LogP contribution in [0.4, 0.5) is 11.4 Å². The Labute approximate surface area is 165 Å². The molecular formula is C22H26N2O4. The standard InChI is InChI=1S/C22H26N2O4/c1-22(2,3)21(26)24-12-11-15-9-10-16(13-17(15)24)23-20(25)14-28-19-8-6-5-7-18(19)27-4/h5-10,13H,11-12,14H2,1-4H3,(H,23,25). The van der Waals surface area contributed by atoms with E-state index in [2.05, 4.69) is 5.32 Å². The van der Waals surface area contributed by atoms with Gasteiger partial charge in [-0.15, -0.1) is 0 Å². The van der Waals surface area contributed by atoms with Crippen LogP contribution in [-0.4, -0.2) is 32.1 Å². The Hall–Kier alpha value is -3.02. The highest BCUT2D eigenvalue weighted by Gasteiger charge is 2.32. The van der Waals surface area contributed by atoms with Crippen LogP contribution in [0, 0.1) is 5.41 Å². The van der Waals surface area contributed by atoms with Crippen molar-refractivity contribution in [2.75, 3.05) is 30.5 Å². The molecule has 28 heavy (non-hydrogen) atoms. The second-order valence-electron chi connectivity index (χ2n) is 7.79. The van der Waals surface area contributed by atoms with Crippen molar-refractivity contribution in [1.82, 2.24) is 0 Å². The van der Waals surface area contributed by atoms with Gasteiger partial charge in [0.05, 0.1) is 7.11 Å². The molecular weight excluding hydrogens is 356 g/mol. The Kier molecular flexibility index (Phi) is 5.58. The molecule has 148 valence electrons. The van der Waals surface area contributed by atoms with E-state index in [4.69, 9.17) is 9.47 Å². The number of nitrogens with one attached hydrogen (secondary N) is 1. The van der Waals surface area contributed by atoms with E-state index >= 15 is 0 Å². The Balaban J connectivity index is 1.67. The fraction of sp³-hybridized carbons (Fsp3) is 0.364. The van der Waals surface area contributed by atoms with E-state index in [-0.39, 0.29) is 18.4 Å². The number of anilines is 2. The number of ether oxygens (including phenoxy) is 2. The minimum Gasteiger partial charge on any atom is -0.493 e. The number of benzene rings is 2. The zero-order chi connectivity index (χ0) is 20.3. The fourth-order valence-electron chi connectivity index (χ4n) is 3.15. The van der Waals surface area contributed by atoms with E-state index in [0.717, 1.165) is 17.7 Å². The number of methoxy groups -OCH3 is 1. The van der Waals surface area contributed by atoms with Gasteiger partial charge in [0.2, 0.25) is 5.91 Å². The van der Waals surface area contributed by atoms with Gasteiger partial charge in [-0.3, -0.25) is 9.59 Å². The molecule has 1 aliphatic rings. The highest BCUT2D eigenvalue weighted by atomic mass is 16.5. The molecule has 0 aliphatic carbocycles. The first kappa shape index (κ1) is 19.7. The molecule has 2 amide bonds.